The van der Waals surface area contributed by atoms with E-state index in [1.807, 2.05) is 6.92 Å². The molecule has 0 unspecified atom stereocenters. The zero-order chi connectivity index (χ0) is 13.9. The van der Waals surface area contributed by atoms with Crippen molar-refractivity contribution >= 4 is 15.7 Å². The van der Waals surface area contributed by atoms with Gasteiger partial charge in [-0.2, -0.15) is 8.42 Å². The number of nitrogens with one attached hydrogen (secondary N) is 2. The Morgan fingerprint density at radius 2 is 2.21 bits per heavy atom. The summed E-state index contributed by atoms with van der Waals surface area (Å²) in [6.45, 7) is 4.08. The van der Waals surface area contributed by atoms with Gasteiger partial charge >= 0.3 is 0 Å². The number of aromatic amines is 1. The van der Waals surface area contributed by atoms with Crippen molar-refractivity contribution in [2.45, 2.75) is 18.9 Å². The topological polar surface area (TPSA) is 84.1 Å². The fourth-order valence-electron chi connectivity index (χ4n) is 1.56. The van der Waals surface area contributed by atoms with Crippen LogP contribution in [0.1, 0.15) is 12.7 Å². The summed E-state index contributed by atoms with van der Waals surface area (Å²) in [6, 6.07) is 6.77. The van der Waals surface area contributed by atoms with Crippen molar-refractivity contribution in [1.82, 2.24) is 9.97 Å². The summed E-state index contributed by atoms with van der Waals surface area (Å²) in [7, 11) is -3.65. The molecule has 0 spiro atoms. The molecule has 1 aromatic carbocycles. The summed E-state index contributed by atoms with van der Waals surface area (Å²) in [5.41, 5.74) is 0.443. The maximum atomic E-state index is 12.1. The summed E-state index contributed by atoms with van der Waals surface area (Å²) < 4.78 is 31.9. The van der Waals surface area contributed by atoms with Crippen molar-refractivity contribution in [1.29, 1.82) is 0 Å². The van der Waals surface area contributed by atoms with Crippen molar-refractivity contribution in [3.05, 3.63) is 36.3 Å². The first kappa shape index (κ1) is 13.4. The molecule has 0 fully saturated rings. The summed E-state index contributed by atoms with van der Waals surface area (Å²) in [5, 5.41) is 0.0341. The van der Waals surface area contributed by atoms with Gasteiger partial charge in [-0.3, -0.25) is 4.72 Å². The number of nitrogens with zero attached hydrogens (tertiary/aromatic N) is 1. The summed E-state index contributed by atoms with van der Waals surface area (Å²) in [6.07, 6.45) is 1.28. The van der Waals surface area contributed by atoms with Crippen molar-refractivity contribution in [2.75, 3.05) is 11.3 Å². The molecule has 0 amide bonds. The fraction of sp³-hybridized carbons (Fsp3) is 0.250. The number of benzene rings is 1. The van der Waals surface area contributed by atoms with E-state index in [0.29, 0.717) is 23.9 Å². The minimum absolute atomic E-state index is 0.0341. The Labute approximate surface area is 111 Å². The van der Waals surface area contributed by atoms with Gasteiger partial charge in [-0.1, -0.05) is 6.07 Å². The second-order valence-electron chi connectivity index (χ2n) is 3.90. The second-order valence-corrected chi connectivity index (χ2v) is 5.55. The van der Waals surface area contributed by atoms with E-state index in [0.717, 1.165) is 0 Å². The third-order valence-corrected chi connectivity index (χ3v) is 3.66. The summed E-state index contributed by atoms with van der Waals surface area (Å²) in [4.78, 5) is 6.56. The lowest BCUT2D eigenvalue weighted by Gasteiger charge is -2.08. The molecule has 1 heterocycles. The van der Waals surface area contributed by atoms with Crippen molar-refractivity contribution in [3.63, 3.8) is 0 Å². The lowest BCUT2D eigenvalue weighted by atomic mass is 10.3. The number of imidazole rings is 1. The van der Waals surface area contributed by atoms with Gasteiger partial charge in [0.1, 0.15) is 11.6 Å². The van der Waals surface area contributed by atoms with Crippen LogP contribution in [0.25, 0.3) is 0 Å². The quantitative estimate of drug-likeness (QED) is 0.877. The van der Waals surface area contributed by atoms with Gasteiger partial charge in [-0.25, -0.2) is 4.98 Å². The standard InChI is InChI=1S/C12H15N3O3S/c1-3-18-11-6-4-5-10(7-11)15-19(16,17)12-8-13-9(2)14-12/h4-8,15H,3H2,1-2H3,(H,13,14). The molecule has 0 saturated carbocycles. The molecule has 0 saturated heterocycles. The van der Waals surface area contributed by atoms with E-state index < -0.39 is 10.0 Å². The van der Waals surface area contributed by atoms with Gasteiger partial charge in [0.15, 0.2) is 5.03 Å². The van der Waals surface area contributed by atoms with E-state index in [4.69, 9.17) is 4.74 Å². The van der Waals surface area contributed by atoms with Crippen molar-refractivity contribution < 1.29 is 13.2 Å². The normalized spacial score (nSPS) is 11.3. The van der Waals surface area contributed by atoms with Crippen LogP contribution in [0.2, 0.25) is 0 Å². The largest absolute Gasteiger partial charge is 0.494 e. The Morgan fingerprint density at radius 1 is 1.42 bits per heavy atom. The van der Waals surface area contributed by atoms with E-state index in [1.165, 1.54) is 6.20 Å². The van der Waals surface area contributed by atoms with Crippen LogP contribution in [0.5, 0.6) is 5.75 Å². The molecular weight excluding hydrogens is 266 g/mol. The third-order valence-electron chi connectivity index (χ3n) is 2.37. The smallest absolute Gasteiger partial charge is 0.278 e. The number of rotatable bonds is 5. The number of sulfonamides is 1. The molecule has 0 aliphatic carbocycles. The number of aromatic nitrogens is 2. The highest BCUT2D eigenvalue weighted by atomic mass is 32.2. The molecule has 0 atom stereocenters. The number of hydrogen-bond acceptors (Lipinski definition) is 4. The first-order chi connectivity index (χ1) is 9.01. The van der Waals surface area contributed by atoms with Gasteiger partial charge in [0.25, 0.3) is 10.0 Å². The molecule has 19 heavy (non-hydrogen) atoms. The zero-order valence-corrected chi connectivity index (χ0v) is 11.5. The maximum absolute atomic E-state index is 12.1. The molecule has 0 bridgehead atoms. The van der Waals surface area contributed by atoms with E-state index >= 15 is 0 Å². The zero-order valence-electron chi connectivity index (χ0n) is 10.7. The molecule has 6 nitrogen and oxygen atoms in total. The van der Waals surface area contributed by atoms with E-state index in [1.54, 1.807) is 31.2 Å². The van der Waals surface area contributed by atoms with E-state index in [9.17, 15) is 8.42 Å². The first-order valence-corrected chi connectivity index (χ1v) is 7.27. The van der Waals surface area contributed by atoms with Crippen molar-refractivity contribution in [3.8, 4) is 5.75 Å². The Bertz CT molecular complexity index is 664. The molecule has 2 N–H and O–H groups in total. The van der Waals surface area contributed by atoms with Crippen LogP contribution < -0.4 is 9.46 Å². The van der Waals surface area contributed by atoms with E-state index in [-0.39, 0.29) is 5.03 Å². The highest BCUT2D eigenvalue weighted by molar-refractivity contribution is 7.92. The first-order valence-electron chi connectivity index (χ1n) is 5.78. The molecule has 0 aliphatic heterocycles. The highest BCUT2D eigenvalue weighted by Gasteiger charge is 2.16. The number of aryl methyl sites for hydroxylation is 1. The molecule has 2 aromatic rings. The summed E-state index contributed by atoms with van der Waals surface area (Å²) in [5.74, 6) is 1.16. The fourth-order valence-corrected chi connectivity index (χ4v) is 2.58. The van der Waals surface area contributed by atoms with Crippen LogP contribution in [0.4, 0.5) is 5.69 Å². The van der Waals surface area contributed by atoms with Gasteiger partial charge in [0, 0.05) is 6.07 Å². The minimum Gasteiger partial charge on any atom is -0.494 e. The summed E-state index contributed by atoms with van der Waals surface area (Å²) >= 11 is 0. The predicted octanol–water partition coefficient (Wildman–Crippen LogP) is 1.92. The number of hydrogen-bond donors (Lipinski definition) is 2. The van der Waals surface area contributed by atoms with Crippen LogP contribution in [-0.4, -0.2) is 25.0 Å². The molecule has 1 aromatic heterocycles. The lowest BCUT2D eigenvalue weighted by Crippen LogP contribution is -2.13. The Balaban J connectivity index is 2.23. The molecule has 0 radical (unpaired) electrons. The highest BCUT2D eigenvalue weighted by Crippen LogP contribution is 2.20. The van der Waals surface area contributed by atoms with Crippen LogP contribution in [0, 0.1) is 6.92 Å². The third kappa shape index (κ3) is 3.25. The molecule has 2 rings (SSSR count). The average Bonchev–Trinajstić information content (AvgIpc) is 2.77. The number of H-pyrrole nitrogens is 1. The Hall–Kier alpha value is -2.02. The Kier molecular flexibility index (Phi) is 3.75. The SMILES string of the molecule is CCOc1cccc(NS(=O)(=O)c2cnc(C)[nH]2)c1. The molecule has 102 valence electrons. The Morgan fingerprint density at radius 3 is 2.84 bits per heavy atom. The van der Waals surface area contributed by atoms with Gasteiger partial charge in [-0.15, -0.1) is 0 Å². The number of ether oxygens (including phenoxy) is 1. The van der Waals surface area contributed by atoms with Gasteiger partial charge < -0.3 is 9.72 Å². The second kappa shape index (κ2) is 5.31. The molecular formula is C12H15N3O3S. The van der Waals surface area contributed by atoms with Crippen LogP contribution in [-0.2, 0) is 10.0 Å². The van der Waals surface area contributed by atoms with Crippen molar-refractivity contribution in [2.24, 2.45) is 0 Å². The van der Waals surface area contributed by atoms with Gasteiger partial charge in [0.2, 0.25) is 0 Å². The van der Waals surface area contributed by atoms with Crippen LogP contribution in [0.3, 0.4) is 0 Å². The van der Waals surface area contributed by atoms with Gasteiger partial charge in [-0.05, 0) is 26.0 Å². The van der Waals surface area contributed by atoms with Crippen LogP contribution >= 0.6 is 0 Å². The predicted molar refractivity (Wildman–Crippen MR) is 71.7 cm³/mol. The monoisotopic (exact) mass is 281 g/mol. The average molecular weight is 281 g/mol. The van der Waals surface area contributed by atoms with E-state index in [2.05, 4.69) is 14.7 Å². The molecule has 0 aliphatic rings. The molecule has 7 heteroatoms. The minimum atomic E-state index is -3.65. The van der Waals surface area contributed by atoms with Gasteiger partial charge in [0.05, 0.1) is 18.5 Å². The number of anilines is 1. The van der Waals surface area contributed by atoms with Crippen LogP contribution in [0.15, 0.2) is 35.5 Å². The lowest BCUT2D eigenvalue weighted by molar-refractivity contribution is 0.340. The maximum Gasteiger partial charge on any atom is 0.278 e.